The van der Waals surface area contributed by atoms with Gasteiger partial charge in [-0.3, -0.25) is 4.79 Å². The molecule has 1 fully saturated rings. The molecule has 20 heavy (non-hydrogen) atoms. The van der Waals surface area contributed by atoms with Gasteiger partial charge in [-0.2, -0.15) is 5.10 Å². The van der Waals surface area contributed by atoms with Crippen LogP contribution in [0.1, 0.15) is 17.5 Å². The summed E-state index contributed by atoms with van der Waals surface area (Å²) in [5.41, 5.74) is 5.92. The van der Waals surface area contributed by atoms with Gasteiger partial charge in [-0.15, -0.1) is 0 Å². The number of rotatable bonds is 2. The topological polar surface area (TPSA) is 75.6 Å². The van der Waals surface area contributed by atoms with Crippen molar-refractivity contribution in [1.29, 1.82) is 0 Å². The Bertz CT molecular complexity index is 652. The van der Waals surface area contributed by atoms with Crippen LogP contribution in [0.4, 0.5) is 0 Å². The third-order valence-corrected chi connectivity index (χ3v) is 5.60. The van der Waals surface area contributed by atoms with E-state index in [1.807, 2.05) is 12.1 Å². The maximum atomic E-state index is 11.9. The normalized spacial score (nSPS) is 23.4. The van der Waals surface area contributed by atoms with Crippen LogP contribution in [0, 0.1) is 5.92 Å². The third kappa shape index (κ3) is 2.75. The number of amides is 1. The fourth-order valence-electron chi connectivity index (χ4n) is 2.71. The molecule has 0 saturated carbocycles. The highest BCUT2D eigenvalue weighted by Gasteiger charge is 2.33. The van der Waals surface area contributed by atoms with E-state index in [-0.39, 0.29) is 17.4 Å². The van der Waals surface area contributed by atoms with Crippen molar-refractivity contribution in [3.05, 3.63) is 35.4 Å². The number of fused-ring (bicyclic) bond motifs is 1. The van der Waals surface area contributed by atoms with Crippen molar-refractivity contribution < 1.29 is 13.2 Å². The van der Waals surface area contributed by atoms with Crippen molar-refractivity contribution in [1.82, 2.24) is 5.43 Å². The Hall–Kier alpha value is -1.69. The zero-order valence-electron chi connectivity index (χ0n) is 11.0. The first-order valence-corrected chi connectivity index (χ1v) is 8.48. The molecule has 106 valence electrons. The Labute approximate surface area is 118 Å². The Morgan fingerprint density at radius 2 is 1.85 bits per heavy atom. The lowest BCUT2D eigenvalue weighted by Crippen LogP contribution is -2.28. The van der Waals surface area contributed by atoms with Crippen LogP contribution >= 0.6 is 0 Å². The van der Waals surface area contributed by atoms with Gasteiger partial charge in [0, 0.05) is 18.6 Å². The number of hydrogen-bond donors (Lipinski definition) is 1. The lowest BCUT2D eigenvalue weighted by atomic mass is 10.1. The second-order valence-corrected chi connectivity index (χ2v) is 7.61. The van der Waals surface area contributed by atoms with E-state index in [1.54, 1.807) is 0 Å². The van der Waals surface area contributed by atoms with Crippen LogP contribution in [0.25, 0.3) is 0 Å². The molecule has 1 amide bonds. The Balaban J connectivity index is 1.61. The fraction of sp³-hybridized carbons (Fsp3) is 0.429. The van der Waals surface area contributed by atoms with Gasteiger partial charge in [0.25, 0.3) is 0 Å². The summed E-state index contributed by atoms with van der Waals surface area (Å²) in [7, 11) is -3.03. The zero-order valence-corrected chi connectivity index (χ0v) is 11.8. The highest BCUT2D eigenvalue weighted by molar-refractivity contribution is 7.91. The standard InChI is InChI=1S/C14H16N2O3S/c17-14(12-5-6-20(18,19)9-12)16-15-13-7-10-3-1-2-4-11(10)8-13/h1-4,12H,5-9H2,(H,16,17)/t12-/m1/s1. The first-order valence-electron chi connectivity index (χ1n) is 6.66. The molecule has 1 aliphatic carbocycles. The molecule has 0 unspecified atom stereocenters. The average molecular weight is 292 g/mol. The second kappa shape index (κ2) is 5.01. The summed E-state index contributed by atoms with van der Waals surface area (Å²) in [4.78, 5) is 11.9. The maximum Gasteiger partial charge on any atom is 0.244 e. The number of nitrogens with zero attached hydrogens (tertiary/aromatic N) is 1. The van der Waals surface area contributed by atoms with E-state index in [9.17, 15) is 13.2 Å². The average Bonchev–Trinajstić information content (AvgIpc) is 2.98. The van der Waals surface area contributed by atoms with Crippen LogP contribution in [0.2, 0.25) is 0 Å². The summed E-state index contributed by atoms with van der Waals surface area (Å²) in [6, 6.07) is 8.10. The number of carbonyl (C=O) groups is 1. The largest absolute Gasteiger partial charge is 0.273 e. The third-order valence-electron chi connectivity index (χ3n) is 3.83. The molecular formula is C14H16N2O3S. The van der Waals surface area contributed by atoms with Gasteiger partial charge in [-0.1, -0.05) is 24.3 Å². The number of benzene rings is 1. The van der Waals surface area contributed by atoms with E-state index in [1.165, 1.54) is 11.1 Å². The molecule has 2 aliphatic rings. The van der Waals surface area contributed by atoms with Crippen molar-refractivity contribution in [2.75, 3.05) is 11.5 Å². The number of hydrogen-bond acceptors (Lipinski definition) is 4. The summed E-state index contributed by atoms with van der Waals surface area (Å²) in [5, 5.41) is 4.15. The molecule has 1 N–H and O–H groups in total. The maximum absolute atomic E-state index is 11.9. The van der Waals surface area contributed by atoms with E-state index in [2.05, 4.69) is 22.7 Å². The van der Waals surface area contributed by atoms with E-state index in [0.717, 1.165) is 18.6 Å². The molecule has 1 aromatic carbocycles. The predicted octanol–water partition coefficient (Wildman–Crippen LogP) is 0.692. The van der Waals surface area contributed by atoms with Crippen LogP contribution in [0.5, 0.6) is 0 Å². The van der Waals surface area contributed by atoms with Crippen LogP contribution in [0.3, 0.4) is 0 Å². The van der Waals surface area contributed by atoms with Crippen LogP contribution in [-0.4, -0.2) is 31.5 Å². The molecule has 0 bridgehead atoms. The molecule has 0 aromatic heterocycles. The Kier molecular flexibility index (Phi) is 3.33. The first-order chi connectivity index (χ1) is 9.53. The van der Waals surface area contributed by atoms with E-state index >= 15 is 0 Å². The van der Waals surface area contributed by atoms with Gasteiger partial charge in [0.1, 0.15) is 0 Å². The molecule has 1 saturated heterocycles. The lowest BCUT2D eigenvalue weighted by Gasteiger charge is -2.05. The number of carbonyl (C=O) groups excluding carboxylic acids is 1. The van der Waals surface area contributed by atoms with Gasteiger partial charge in [0.2, 0.25) is 5.91 Å². The smallest absolute Gasteiger partial charge is 0.244 e. The highest BCUT2D eigenvalue weighted by atomic mass is 32.2. The molecule has 1 aromatic rings. The number of hydrazone groups is 1. The van der Waals surface area contributed by atoms with Crippen molar-refractivity contribution in [3.63, 3.8) is 0 Å². The minimum atomic E-state index is -3.03. The van der Waals surface area contributed by atoms with Gasteiger partial charge in [-0.25, -0.2) is 13.8 Å². The van der Waals surface area contributed by atoms with Crippen molar-refractivity contribution >= 4 is 21.5 Å². The molecule has 0 radical (unpaired) electrons. The summed E-state index contributed by atoms with van der Waals surface area (Å²) in [6.45, 7) is 0. The minimum absolute atomic E-state index is 0.0517. The van der Waals surface area contributed by atoms with Crippen LogP contribution < -0.4 is 5.43 Å². The van der Waals surface area contributed by atoms with Crippen molar-refractivity contribution in [2.24, 2.45) is 11.0 Å². The summed E-state index contributed by atoms with van der Waals surface area (Å²) in [6.07, 6.45) is 1.90. The summed E-state index contributed by atoms with van der Waals surface area (Å²) in [5.74, 6) is -0.681. The Morgan fingerprint density at radius 1 is 1.20 bits per heavy atom. The highest BCUT2D eigenvalue weighted by Crippen LogP contribution is 2.20. The molecular weight excluding hydrogens is 276 g/mol. The number of sulfone groups is 1. The first kappa shape index (κ1) is 13.3. The molecule has 1 aliphatic heterocycles. The minimum Gasteiger partial charge on any atom is -0.273 e. The number of nitrogens with one attached hydrogen (secondary N) is 1. The summed E-state index contributed by atoms with van der Waals surface area (Å²) < 4.78 is 22.7. The molecule has 6 heteroatoms. The van der Waals surface area contributed by atoms with Crippen molar-refractivity contribution in [3.8, 4) is 0 Å². The van der Waals surface area contributed by atoms with Crippen molar-refractivity contribution in [2.45, 2.75) is 19.3 Å². The van der Waals surface area contributed by atoms with Crippen LogP contribution in [-0.2, 0) is 27.5 Å². The van der Waals surface area contributed by atoms with E-state index in [0.29, 0.717) is 6.42 Å². The van der Waals surface area contributed by atoms with E-state index in [4.69, 9.17) is 0 Å². The lowest BCUT2D eigenvalue weighted by molar-refractivity contribution is -0.124. The van der Waals surface area contributed by atoms with Gasteiger partial charge in [0.05, 0.1) is 17.4 Å². The van der Waals surface area contributed by atoms with Crippen LogP contribution in [0.15, 0.2) is 29.4 Å². The molecule has 1 atom stereocenters. The second-order valence-electron chi connectivity index (χ2n) is 5.38. The summed E-state index contributed by atoms with van der Waals surface area (Å²) >= 11 is 0. The Morgan fingerprint density at radius 3 is 2.40 bits per heavy atom. The molecule has 1 heterocycles. The molecule has 0 spiro atoms. The zero-order chi connectivity index (χ0) is 14.2. The van der Waals surface area contributed by atoms with E-state index < -0.39 is 15.8 Å². The van der Waals surface area contributed by atoms with Gasteiger partial charge < -0.3 is 0 Å². The molecule has 5 nitrogen and oxygen atoms in total. The SMILES string of the molecule is O=C(NN=C1Cc2ccccc2C1)[C@@H]1CCS(=O)(=O)C1. The van der Waals surface area contributed by atoms with Gasteiger partial charge in [-0.05, 0) is 17.5 Å². The predicted molar refractivity (Wildman–Crippen MR) is 76.2 cm³/mol. The molecule has 3 rings (SSSR count). The quantitative estimate of drug-likeness (QED) is 0.815. The monoisotopic (exact) mass is 292 g/mol. The fourth-order valence-corrected chi connectivity index (χ4v) is 4.45. The van der Waals surface area contributed by atoms with Gasteiger partial charge >= 0.3 is 0 Å². The van der Waals surface area contributed by atoms with Gasteiger partial charge in [0.15, 0.2) is 9.84 Å².